The van der Waals surface area contributed by atoms with Gasteiger partial charge in [-0.2, -0.15) is 0 Å². The molecule has 1 aliphatic heterocycles. The first-order chi connectivity index (χ1) is 20.8. The highest BCUT2D eigenvalue weighted by Crippen LogP contribution is 2.51. The van der Waals surface area contributed by atoms with Crippen molar-refractivity contribution in [2.24, 2.45) is 0 Å². The summed E-state index contributed by atoms with van der Waals surface area (Å²) in [6.45, 7) is 9.44. The van der Waals surface area contributed by atoms with Gasteiger partial charge >= 0.3 is 0 Å². The lowest BCUT2D eigenvalue weighted by Crippen LogP contribution is -2.26. The minimum absolute atomic E-state index is 0.0247. The van der Waals surface area contributed by atoms with Crippen molar-refractivity contribution in [3.05, 3.63) is 150 Å². The van der Waals surface area contributed by atoms with Crippen LogP contribution < -0.4 is 0 Å². The first-order valence-electron chi connectivity index (χ1n) is 15.2. The van der Waals surface area contributed by atoms with Crippen LogP contribution in [-0.2, 0) is 10.8 Å². The third kappa shape index (κ3) is 3.19. The second-order valence-corrected chi connectivity index (χ2v) is 13.3. The van der Waals surface area contributed by atoms with Gasteiger partial charge in [-0.05, 0) is 98.6 Å². The summed E-state index contributed by atoms with van der Waals surface area (Å²) in [5.41, 5.74) is 16.7. The topological polar surface area (TPSA) is 4.93 Å². The Hall–Kier alpha value is -5.06. The van der Waals surface area contributed by atoms with Crippen molar-refractivity contribution in [3.8, 4) is 39.1 Å². The molecule has 0 spiro atoms. The Bertz CT molecular complexity index is 2280. The maximum absolute atomic E-state index is 3.36. The summed E-state index contributed by atoms with van der Waals surface area (Å²) in [5.74, 6) is 0. The zero-order valence-electron chi connectivity index (χ0n) is 24.9. The number of fused-ring (bicyclic) bond motifs is 8. The van der Waals surface area contributed by atoms with Crippen LogP contribution in [0.4, 0.5) is 0 Å². The van der Waals surface area contributed by atoms with E-state index in [0.717, 1.165) is 5.56 Å². The van der Waals surface area contributed by atoms with Gasteiger partial charge in [-0.1, -0.05) is 107 Å². The highest BCUT2D eigenvalue weighted by molar-refractivity contribution is 6.14. The van der Waals surface area contributed by atoms with Crippen LogP contribution in [0.3, 0.4) is 0 Å². The molecule has 0 radical (unpaired) electrons. The highest BCUT2D eigenvalue weighted by atomic mass is 15.0. The van der Waals surface area contributed by atoms with Gasteiger partial charge in [-0.3, -0.25) is 0 Å². The molecule has 1 aromatic heterocycles. The van der Waals surface area contributed by atoms with Gasteiger partial charge < -0.3 is 4.57 Å². The number of rotatable bonds is 2. The molecule has 1 nitrogen and oxygen atoms in total. The van der Waals surface area contributed by atoms with Gasteiger partial charge in [0.25, 0.3) is 0 Å². The van der Waals surface area contributed by atoms with E-state index in [0.29, 0.717) is 0 Å². The molecular formula is C42H31N. The fourth-order valence-electron chi connectivity index (χ4n) is 7.96. The van der Waals surface area contributed by atoms with E-state index in [4.69, 9.17) is 0 Å². The number of aromatic nitrogens is 1. The molecule has 0 atom stereocenters. The molecule has 9 rings (SSSR count). The van der Waals surface area contributed by atoms with E-state index >= 15 is 0 Å². The first kappa shape index (κ1) is 24.5. The Morgan fingerprint density at radius 3 is 2.05 bits per heavy atom. The quantitative estimate of drug-likeness (QED) is 0.202. The molecule has 1 heteroatoms. The fourth-order valence-corrected chi connectivity index (χ4v) is 7.96. The Morgan fingerprint density at radius 2 is 1.21 bits per heavy atom. The maximum Gasteiger partial charge on any atom is 0.0582 e. The van der Waals surface area contributed by atoms with E-state index < -0.39 is 0 Å². The molecule has 2 heterocycles. The fraction of sp³-hybridized carbons (Fsp3) is 0.143. The molecule has 0 amide bonds. The molecule has 6 aromatic carbocycles. The van der Waals surface area contributed by atoms with Gasteiger partial charge in [0, 0.05) is 27.2 Å². The monoisotopic (exact) mass is 549 g/mol. The van der Waals surface area contributed by atoms with Crippen LogP contribution in [0.5, 0.6) is 0 Å². The molecule has 0 fully saturated rings. The molecule has 0 saturated heterocycles. The lowest BCUT2D eigenvalue weighted by Gasteiger charge is -2.35. The van der Waals surface area contributed by atoms with E-state index in [2.05, 4.69) is 154 Å². The molecule has 0 N–H and O–H groups in total. The molecule has 7 aromatic rings. The Morgan fingerprint density at radius 1 is 0.535 bits per heavy atom. The summed E-state index contributed by atoms with van der Waals surface area (Å²) in [4.78, 5) is 0. The number of hydrogen-bond acceptors (Lipinski definition) is 0. The van der Waals surface area contributed by atoms with E-state index in [1.165, 1.54) is 77.6 Å². The van der Waals surface area contributed by atoms with Crippen LogP contribution in [0, 0.1) is 12.1 Å². The number of nitrogens with zero attached hydrogens (tertiary/aromatic N) is 1. The summed E-state index contributed by atoms with van der Waals surface area (Å²) in [5, 5.41) is 2.57. The van der Waals surface area contributed by atoms with Crippen LogP contribution in [0.25, 0.3) is 60.9 Å². The SMILES string of the molecule is CC1(C)c2ccccc2-c2ccc(-c3ccc4c(c3)c3cc(-c5c#cccc5)cc5c3n4-c3ccccc3C5(C)C)cc21. The molecule has 0 saturated carbocycles. The van der Waals surface area contributed by atoms with E-state index in [-0.39, 0.29) is 10.8 Å². The van der Waals surface area contributed by atoms with Crippen LogP contribution in [0.1, 0.15) is 49.9 Å². The summed E-state index contributed by atoms with van der Waals surface area (Å²) < 4.78 is 2.50. The molecule has 2 aliphatic rings. The molecule has 0 bridgehead atoms. The molecule has 1 aliphatic carbocycles. The Labute approximate surface area is 253 Å². The van der Waals surface area contributed by atoms with Crippen molar-refractivity contribution in [1.29, 1.82) is 0 Å². The third-order valence-corrected chi connectivity index (χ3v) is 10.2. The second-order valence-electron chi connectivity index (χ2n) is 13.3. The van der Waals surface area contributed by atoms with Crippen molar-refractivity contribution in [3.63, 3.8) is 0 Å². The summed E-state index contributed by atoms with van der Waals surface area (Å²) in [6, 6.07) is 49.3. The van der Waals surface area contributed by atoms with Gasteiger partial charge in [0.15, 0.2) is 0 Å². The summed E-state index contributed by atoms with van der Waals surface area (Å²) in [7, 11) is 0. The summed E-state index contributed by atoms with van der Waals surface area (Å²) in [6.07, 6.45) is 0. The van der Waals surface area contributed by atoms with Crippen molar-refractivity contribution >= 4 is 21.8 Å². The van der Waals surface area contributed by atoms with Crippen molar-refractivity contribution < 1.29 is 0 Å². The average Bonchev–Trinajstić information content (AvgIpc) is 3.49. The van der Waals surface area contributed by atoms with Crippen LogP contribution >= 0.6 is 0 Å². The lowest BCUT2D eigenvalue weighted by molar-refractivity contribution is 0.630. The summed E-state index contributed by atoms with van der Waals surface area (Å²) >= 11 is 0. The largest absolute Gasteiger partial charge is 0.309 e. The number of hydrogen-bond donors (Lipinski definition) is 0. The van der Waals surface area contributed by atoms with Gasteiger partial charge in [-0.25, -0.2) is 0 Å². The van der Waals surface area contributed by atoms with E-state index in [9.17, 15) is 0 Å². The average molecular weight is 550 g/mol. The zero-order chi connectivity index (χ0) is 29.1. The zero-order valence-corrected chi connectivity index (χ0v) is 24.9. The molecule has 204 valence electrons. The maximum atomic E-state index is 3.36. The Balaban J connectivity index is 1.32. The van der Waals surface area contributed by atoms with Crippen molar-refractivity contribution in [2.75, 3.05) is 0 Å². The van der Waals surface area contributed by atoms with E-state index in [1.54, 1.807) is 0 Å². The van der Waals surface area contributed by atoms with Gasteiger partial charge in [0.05, 0.1) is 16.7 Å². The normalized spacial score (nSPS) is 15.2. The van der Waals surface area contributed by atoms with Crippen molar-refractivity contribution in [1.82, 2.24) is 4.57 Å². The van der Waals surface area contributed by atoms with Crippen LogP contribution in [0.2, 0.25) is 0 Å². The number of para-hydroxylation sites is 1. The highest BCUT2D eigenvalue weighted by Gasteiger charge is 2.37. The van der Waals surface area contributed by atoms with Crippen LogP contribution in [0.15, 0.2) is 115 Å². The van der Waals surface area contributed by atoms with Gasteiger partial charge in [0.2, 0.25) is 0 Å². The predicted octanol–water partition coefficient (Wildman–Crippen LogP) is 10.7. The molecule has 43 heavy (non-hydrogen) atoms. The standard InChI is InChI=1S/C42H31N/c1-41(2)34-15-9-8-14-30(34)31-20-18-28(24-36(31)41)27-19-21-38-32(22-27)33-23-29(26-12-6-5-7-13-26)25-37-40(33)43(38)39-17-11-10-16-35(39)42(37,3)4/h5-6,8-12,14-25H,1-4H3. The van der Waals surface area contributed by atoms with Gasteiger partial charge in [0.1, 0.15) is 0 Å². The van der Waals surface area contributed by atoms with Gasteiger partial charge in [-0.15, -0.1) is 0 Å². The smallest absolute Gasteiger partial charge is 0.0582 e. The minimum atomic E-state index is -0.142. The van der Waals surface area contributed by atoms with Crippen LogP contribution in [-0.4, -0.2) is 4.57 Å². The second kappa shape index (κ2) is 8.27. The lowest BCUT2D eigenvalue weighted by atomic mass is 9.74. The molecular weight excluding hydrogens is 518 g/mol. The third-order valence-electron chi connectivity index (χ3n) is 10.2. The predicted molar refractivity (Wildman–Crippen MR) is 179 cm³/mol. The minimum Gasteiger partial charge on any atom is -0.309 e. The molecule has 0 unspecified atom stereocenters. The Kier molecular flexibility index (Phi) is 4.72. The number of benzene rings is 5. The van der Waals surface area contributed by atoms with E-state index in [1.807, 2.05) is 6.07 Å². The first-order valence-corrected chi connectivity index (χ1v) is 15.2. The van der Waals surface area contributed by atoms with Crippen molar-refractivity contribution in [2.45, 2.75) is 38.5 Å².